The summed E-state index contributed by atoms with van der Waals surface area (Å²) >= 11 is 0. The third kappa shape index (κ3) is 1.78. The van der Waals surface area contributed by atoms with E-state index in [4.69, 9.17) is 0 Å². The van der Waals surface area contributed by atoms with Gasteiger partial charge in [0, 0.05) is 13.1 Å². The summed E-state index contributed by atoms with van der Waals surface area (Å²) in [5.41, 5.74) is 0.736. The van der Waals surface area contributed by atoms with Crippen LogP contribution < -0.4 is 5.32 Å². The molecule has 18 heavy (non-hydrogen) atoms. The molecule has 1 aliphatic heterocycles. The number of rotatable bonds is 2. The van der Waals surface area contributed by atoms with E-state index in [0.29, 0.717) is 13.1 Å². The molecule has 2 fully saturated rings. The van der Waals surface area contributed by atoms with Gasteiger partial charge in [0.15, 0.2) is 0 Å². The SMILES string of the molecule is O=C1CN(C(=O)C2(c3ccccc3)CC2)CCN1. The molecule has 4 nitrogen and oxygen atoms in total. The lowest BCUT2D eigenvalue weighted by Crippen LogP contribution is -2.52. The summed E-state index contributed by atoms with van der Waals surface area (Å²) < 4.78 is 0. The molecular weight excluding hydrogens is 228 g/mol. The molecule has 1 saturated carbocycles. The number of carbonyl (C=O) groups excluding carboxylic acids is 2. The largest absolute Gasteiger partial charge is 0.353 e. The summed E-state index contributed by atoms with van der Waals surface area (Å²) in [6, 6.07) is 9.90. The van der Waals surface area contributed by atoms with E-state index in [0.717, 1.165) is 18.4 Å². The van der Waals surface area contributed by atoms with Crippen molar-refractivity contribution in [3.05, 3.63) is 35.9 Å². The Morgan fingerprint density at radius 3 is 2.56 bits per heavy atom. The Hall–Kier alpha value is -1.84. The van der Waals surface area contributed by atoms with Gasteiger partial charge < -0.3 is 10.2 Å². The van der Waals surface area contributed by atoms with E-state index in [1.807, 2.05) is 30.3 Å². The van der Waals surface area contributed by atoms with Crippen molar-refractivity contribution in [2.75, 3.05) is 19.6 Å². The highest BCUT2D eigenvalue weighted by atomic mass is 16.2. The minimum absolute atomic E-state index is 0.0570. The first-order chi connectivity index (χ1) is 8.72. The first-order valence-electron chi connectivity index (χ1n) is 6.34. The number of nitrogens with zero attached hydrogens (tertiary/aromatic N) is 1. The molecule has 4 heteroatoms. The second-order valence-corrected chi connectivity index (χ2v) is 5.02. The minimum atomic E-state index is -0.348. The van der Waals surface area contributed by atoms with Gasteiger partial charge in [0.2, 0.25) is 11.8 Å². The van der Waals surface area contributed by atoms with Gasteiger partial charge in [0.1, 0.15) is 0 Å². The highest BCUT2D eigenvalue weighted by Gasteiger charge is 2.53. The van der Waals surface area contributed by atoms with E-state index in [-0.39, 0.29) is 23.8 Å². The van der Waals surface area contributed by atoms with Crippen molar-refractivity contribution < 1.29 is 9.59 Å². The molecule has 94 valence electrons. The topological polar surface area (TPSA) is 49.4 Å². The van der Waals surface area contributed by atoms with Crippen molar-refractivity contribution >= 4 is 11.8 Å². The van der Waals surface area contributed by atoms with E-state index >= 15 is 0 Å². The van der Waals surface area contributed by atoms with Crippen molar-refractivity contribution in [3.8, 4) is 0 Å². The molecular formula is C14H16N2O2. The van der Waals surface area contributed by atoms with Crippen LogP contribution >= 0.6 is 0 Å². The van der Waals surface area contributed by atoms with Crippen LogP contribution in [0.4, 0.5) is 0 Å². The lowest BCUT2D eigenvalue weighted by molar-refractivity contribution is -0.140. The van der Waals surface area contributed by atoms with Crippen LogP contribution in [-0.4, -0.2) is 36.3 Å². The average Bonchev–Trinajstić information content (AvgIpc) is 3.20. The van der Waals surface area contributed by atoms with Crippen molar-refractivity contribution in [2.45, 2.75) is 18.3 Å². The first-order valence-corrected chi connectivity index (χ1v) is 6.34. The van der Waals surface area contributed by atoms with Crippen molar-refractivity contribution in [2.24, 2.45) is 0 Å². The maximum absolute atomic E-state index is 12.6. The van der Waals surface area contributed by atoms with Crippen LogP contribution in [0.25, 0.3) is 0 Å². The van der Waals surface area contributed by atoms with Crippen LogP contribution in [0.3, 0.4) is 0 Å². The second-order valence-electron chi connectivity index (χ2n) is 5.02. The van der Waals surface area contributed by atoms with Gasteiger partial charge in [-0.25, -0.2) is 0 Å². The van der Waals surface area contributed by atoms with E-state index in [1.165, 1.54) is 0 Å². The van der Waals surface area contributed by atoms with Crippen LogP contribution in [0, 0.1) is 0 Å². The van der Waals surface area contributed by atoms with Gasteiger partial charge in [0.05, 0.1) is 12.0 Å². The predicted octanol–water partition coefficient (Wildman–Crippen LogP) is 0.677. The maximum Gasteiger partial charge on any atom is 0.239 e. The molecule has 0 atom stereocenters. The molecule has 1 N–H and O–H groups in total. The summed E-state index contributed by atoms with van der Waals surface area (Å²) in [6.07, 6.45) is 1.79. The van der Waals surface area contributed by atoms with Gasteiger partial charge in [-0.05, 0) is 18.4 Å². The zero-order valence-electron chi connectivity index (χ0n) is 10.2. The van der Waals surface area contributed by atoms with Crippen LogP contribution in [0.5, 0.6) is 0 Å². The molecule has 1 aliphatic carbocycles. The number of nitrogens with one attached hydrogen (secondary N) is 1. The maximum atomic E-state index is 12.6. The van der Waals surface area contributed by atoms with Crippen molar-refractivity contribution in [1.29, 1.82) is 0 Å². The number of amides is 2. The summed E-state index contributed by atoms with van der Waals surface area (Å²) in [5, 5.41) is 2.75. The van der Waals surface area contributed by atoms with Crippen LogP contribution in [-0.2, 0) is 15.0 Å². The van der Waals surface area contributed by atoms with Gasteiger partial charge in [-0.1, -0.05) is 30.3 Å². The summed E-state index contributed by atoms with van der Waals surface area (Å²) in [7, 11) is 0. The van der Waals surface area contributed by atoms with Crippen LogP contribution in [0.1, 0.15) is 18.4 Å². The van der Waals surface area contributed by atoms with E-state index in [1.54, 1.807) is 4.90 Å². The molecule has 1 saturated heterocycles. The standard InChI is InChI=1S/C14H16N2O2/c17-12-10-16(9-8-15-12)13(18)14(6-7-14)11-4-2-1-3-5-11/h1-5H,6-10H2,(H,15,17). The second kappa shape index (κ2) is 4.12. The monoisotopic (exact) mass is 244 g/mol. The molecule has 2 amide bonds. The Morgan fingerprint density at radius 1 is 1.22 bits per heavy atom. The fourth-order valence-corrected chi connectivity index (χ4v) is 2.62. The highest BCUT2D eigenvalue weighted by Crippen LogP contribution is 2.49. The van der Waals surface area contributed by atoms with E-state index in [9.17, 15) is 9.59 Å². The molecule has 0 radical (unpaired) electrons. The third-order valence-corrected chi connectivity index (χ3v) is 3.81. The average molecular weight is 244 g/mol. The Balaban J connectivity index is 1.82. The molecule has 0 bridgehead atoms. The Bertz CT molecular complexity index is 480. The Kier molecular flexibility index (Phi) is 2.58. The fraction of sp³-hybridized carbons (Fsp3) is 0.429. The number of benzene rings is 1. The van der Waals surface area contributed by atoms with Crippen LogP contribution in [0.15, 0.2) is 30.3 Å². The number of carbonyl (C=O) groups is 2. The zero-order chi connectivity index (χ0) is 12.6. The van der Waals surface area contributed by atoms with Gasteiger partial charge in [-0.3, -0.25) is 9.59 Å². The molecule has 1 heterocycles. The number of piperazine rings is 1. The predicted molar refractivity (Wildman–Crippen MR) is 66.9 cm³/mol. The molecule has 2 aliphatic rings. The summed E-state index contributed by atoms with van der Waals surface area (Å²) in [5.74, 6) is 0.0574. The number of hydrogen-bond acceptors (Lipinski definition) is 2. The fourth-order valence-electron chi connectivity index (χ4n) is 2.62. The molecule has 1 aromatic rings. The minimum Gasteiger partial charge on any atom is -0.353 e. The van der Waals surface area contributed by atoms with Gasteiger partial charge in [0.25, 0.3) is 0 Å². The molecule has 0 aromatic heterocycles. The Morgan fingerprint density at radius 2 is 1.94 bits per heavy atom. The van der Waals surface area contributed by atoms with Crippen LogP contribution in [0.2, 0.25) is 0 Å². The van der Waals surface area contributed by atoms with Gasteiger partial charge in [-0.2, -0.15) is 0 Å². The normalized spacial score (nSPS) is 21.3. The highest BCUT2D eigenvalue weighted by molar-refractivity contribution is 5.94. The zero-order valence-corrected chi connectivity index (χ0v) is 10.2. The quantitative estimate of drug-likeness (QED) is 0.831. The smallest absolute Gasteiger partial charge is 0.239 e. The van der Waals surface area contributed by atoms with Crippen molar-refractivity contribution in [1.82, 2.24) is 10.2 Å². The molecule has 0 spiro atoms. The lowest BCUT2D eigenvalue weighted by atomic mass is 9.94. The number of hydrogen-bond donors (Lipinski definition) is 1. The van der Waals surface area contributed by atoms with E-state index < -0.39 is 0 Å². The van der Waals surface area contributed by atoms with Gasteiger partial charge >= 0.3 is 0 Å². The first kappa shape index (κ1) is 11.3. The lowest BCUT2D eigenvalue weighted by Gasteiger charge is -2.30. The summed E-state index contributed by atoms with van der Waals surface area (Å²) in [6.45, 7) is 1.39. The molecule has 3 rings (SSSR count). The van der Waals surface area contributed by atoms with Gasteiger partial charge in [-0.15, -0.1) is 0 Å². The molecule has 1 aromatic carbocycles. The third-order valence-electron chi connectivity index (χ3n) is 3.81. The Labute approximate surface area is 106 Å². The molecule has 0 unspecified atom stereocenters. The van der Waals surface area contributed by atoms with E-state index in [2.05, 4.69) is 5.32 Å². The summed E-state index contributed by atoms with van der Waals surface area (Å²) in [4.78, 5) is 25.6. The van der Waals surface area contributed by atoms with Crippen molar-refractivity contribution in [3.63, 3.8) is 0 Å².